The number of nitrogens with zero attached hydrogens (tertiary/aromatic N) is 1. The quantitative estimate of drug-likeness (QED) is 0.739. The molecule has 1 aromatic carbocycles. The SMILES string of the molecule is Cc1cc(C)c(C(=O)N2CCC(C(C)Br)CC2)c(C)c1. The summed E-state index contributed by atoms with van der Waals surface area (Å²) in [5, 5.41) is 0. The van der Waals surface area contributed by atoms with E-state index in [1.54, 1.807) is 0 Å². The molecule has 0 radical (unpaired) electrons. The summed E-state index contributed by atoms with van der Waals surface area (Å²) < 4.78 is 0. The van der Waals surface area contributed by atoms with Crippen LogP contribution in [0.4, 0.5) is 0 Å². The highest BCUT2D eigenvalue weighted by Crippen LogP contribution is 2.27. The summed E-state index contributed by atoms with van der Waals surface area (Å²) in [5.41, 5.74) is 4.33. The third kappa shape index (κ3) is 3.25. The van der Waals surface area contributed by atoms with Crippen LogP contribution in [0.5, 0.6) is 0 Å². The van der Waals surface area contributed by atoms with Gasteiger partial charge in [-0.25, -0.2) is 0 Å². The summed E-state index contributed by atoms with van der Waals surface area (Å²) in [6.45, 7) is 10.1. The summed E-state index contributed by atoms with van der Waals surface area (Å²) in [6, 6.07) is 4.21. The van der Waals surface area contributed by atoms with E-state index in [-0.39, 0.29) is 5.91 Å². The maximum Gasteiger partial charge on any atom is 0.254 e. The van der Waals surface area contributed by atoms with Crippen LogP contribution in [0.2, 0.25) is 0 Å². The van der Waals surface area contributed by atoms with Crippen molar-refractivity contribution in [2.45, 2.75) is 45.4 Å². The number of carbonyl (C=O) groups excluding carboxylic acids is 1. The van der Waals surface area contributed by atoms with Gasteiger partial charge in [0.2, 0.25) is 0 Å². The fraction of sp³-hybridized carbons (Fsp3) is 0.588. The molecule has 1 unspecified atom stereocenters. The first-order valence-corrected chi connectivity index (χ1v) is 8.33. The summed E-state index contributed by atoms with van der Waals surface area (Å²) in [6.07, 6.45) is 2.20. The summed E-state index contributed by atoms with van der Waals surface area (Å²) in [7, 11) is 0. The molecule has 1 heterocycles. The Morgan fingerprint density at radius 3 is 2.15 bits per heavy atom. The average molecular weight is 338 g/mol. The Morgan fingerprint density at radius 2 is 1.70 bits per heavy atom. The smallest absolute Gasteiger partial charge is 0.254 e. The van der Waals surface area contributed by atoms with Crippen molar-refractivity contribution in [1.29, 1.82) is 0 Å². The van der Waals surface area contributed by atoms with Gasteiger partial charge in [0.25, 0.3) is 5.91 Å². The number of hydrogen-bond donors (Lipinski definition) is 0. The van der Waals surface area contributed by atoms with E-state index >= 15 is 0 Å². The van der Waals surface area contributed by atoms with Crippen LogP contribution in [0.3, 0.4) is 0 Å². The van der Waals surface area contributed by atoms with Gasteiger partial charge in [0.15, 0.2) is 0 Å². The topological polar surface area (TPSA) is 20.3 Å². The lowest BCUT2D eigenvalue weighted by molar-refractivity contribution is 0.0690. The summed E-state index contributed by atoms with van der Waals surface area (Å²) in [5.74, 6) is 0.903. The first-order chi connectivity index (χ1) is 9.40. The van der Waals surface area contributed by atoms with E-state index in [0.29, 0.717) is 10.7 Å². The molecule has 0 N–H and O–H groups in total. The van der Waals surface area contributed by atoms with E-state index in [1.807, 2.05) is 18.7 Å². The number of amides is 1. The molecule has 1 atom stereocenters. The Kier molecular flexibility index (Phi) is 4.90. The van der Waals surface area contributed by atoms with Gasteiger partial charge in [0.05, 0.1) is 0 Å². The molecule has 1 aliphatic rings. The molecule has 1 fully saturated rings. The Balaban J connectivity index is 2.14. The van der Waals surface area contributed by atoms with Crippen LogP contribution in [0.25, 0.3) is 0 Å². The summed E-state index contributed by atoms with van der Waals surface area (Å²) in [4.78, 5) is 15.3. The van der Waals surface area contributed by atoms with Crippen LogP contribution in [-0.4, -0.2) is 28.7 Å². The number of aryl methyl sites for hydroxylation is 3. The van der Waals surface area contributed by atoms with E-state index in [1.165, 1.54) is 5.56 Å². The third-order valence-corrected chi connectivity index (χ3v) is 5.11. The van der Waals surface area contributed by atoms with Gasteiger partial charge in [-0.05, 0) is 50.7 Å². The Bertz CT molecular complexity index is 479. The van der Waals surface area contributed by atoms with Crippen LogP contribution in [-0.2, 0) is 0 Å². The molecule has 110 valence electrons. The highest BCUT2D eigenvalue weighted by atomic mass is 79.9. The summed E-state index contributed by atoms with van der Waals surface area (Å²) >= 11 is 3.67. The molecular formula is C17H24BrNO. The predicted molar refractivity (Wildman–Crippen MR) is 87.7 cm³/mol. The Hall–Kier alpha value is -0.830. The Labute approximate surface area is 130 Å². The lowest BCUT2D eigenvalue weighted by atomic mass is 9.92. The van der Waals surface area contributed by atoms with Crippen molar-refractivity contribution in [3.63, 3.8) is 0 Å². The van der Waals surface area contributed by atoms with Crippen molar-refractivity contribution in [3.8, 4) is 0 Å². The lowest BCUT2D eigenvalue weighted by Crippen LogP contribution is -2.40. The van der Waals surface area contributed by atoms with Gasteiger partial charge >= 0.3 is 0 Å². The molecule has 2 rings (SSSR count). The highest BCUT2D eigenvalue weighted by molar-refractivity contribution is 9.09. The maximum absolute atomic E-state index is 12.7. The standard InChI is InChI=1S/C17H24BrNO/c1-11-9-12(2)16(13(3)10-11)17(20)19-7-5-15(6-8-19)14(4)18/h9-10,14-15H,5-8H2,1-4H3. The number of rotatable bonds is 2. The van der Waals surface area contributed by atoms with E-state index in [2.05, 4.69) is 41.9 Å². The van der Waals surface area contributed by atoms with Crippen molar-refractivity contribution in [2.24, 2.45) is 5.92 Å². The van der Waals surface area contributed by atoms with Crippen molar-refractivity contribution in [3.05, 3.63) is 34.4 Å². The van der Waals surface area contributed by atoms with Crippen molar-refractivity contribution < 1.29 is 4.79 Å². The zero-order chi connectivity index (χ0) is 14.9. The van der Waals surface area contributed by atoms with E-state index < -0.39 is 0 Å². The Morgan fingerprint density at radius 1 is 1.20 bits per heavy atom. The van der Waals surface area contributed by atoms with E-state index in [0.717, 1.165) is 42.6 Å². The van der Waals surface area contributed by atoms with Crippen molar-refractivity contribution in [1.82, 2.24) is 4.90 Å². The number of halogens is 1. The molecule has 0 aliphatic carbocycles. The monoisotopic (exact) mass is 337 g/mol. The predicted octanol–water partition coefficient (Wildman–Crippen LogP) is 4.25. The van der Waals surface area contributed by atoms with Gasteiger partial charge < -0.3 is 4.90 Å². The minimum Gasteiger partial charge on any atom is -0.339 e. The van der Waals surface area contributed by atoms with E-state index in [9.17, 15) is 4.79 Å². The molecule has 0 bridgehead atoms. The minimum atomic E-state index is 0.209. The molecule has 2 nitrogen and oxygen atoms in total. The molecule has 1 amide bonds. The van der Waals surface area contributed by atoms with Crippen molar-refractivity contribution in [2.75, 3.05) is 13.1 Å². The maximum atomic E-state index is 12.7. The molecule has 1 aromatic rings. The normalized spacial score (nSPS) is 18.1. The van der Waals surface area contributed by atoms with Crippen LogP contribution in [0.15, 0.2) is 12.1 Å². The molecule has 1 saturated heterocycles. The van der Waals surface area contributed by atoms with E-state index in [4.69, 9.17) is 0 Å². The molecule has 1 aliphatic heterocycles. The highest BCUT2D eigenvalue weighted by Gasteiger charge is 2.27. The number of benzene rings is 1. The number of likely N-dealkylation sites (tertiary alicyclic amines) is 1. The first kappa shape index (κ1) is 15.6. The molecule has 0 spiro atoms. The zero-order valence-corrected chi connectivity index (χ0v) is 14.5. The van der Waals surface area contributed by atoms with Gasteiger partial charge in [0, 0.05) is 23.5 Å². The average Bonchev–Trinajstić information content (AvgIpc) is 2.37. The van der Waals surface area contributed by atoms with Crippen LogP contribution in [0.1, 0.15) is 46.8 Å². The fourth-order valence-electron chi connectivity index (χ4n) is 3.24. The second-order valence-corrected chi connectivity index (χ2v) is 7.53. The van der Waals surface area contributed by atoms with Gasteiger partial charge in [-0.1, -0.05) is 40.5 Å². The number of alkyl halides is 1. The van der Waals surface area contributed by atoms with Gasteiger partial charge in [0.1, 0.15) is 0 Å². The minimum absolute atomic E-state index is 0.209. The van der Waals surface area contributed by atoms with Gasteiger partial charge in [-0.2, -0.15) is 0 Å². The number of hydrogen-bond acceptors (Lipinski definition) is 1. The number of carbonyl (C=O) groups is 1. The first-order valence-electron chi connectivity index (χ1n) is 7.41. The van der Waals surface area contributed by atoms with Crippen LogP contribution < -0.4 is 0 Å². The van der Waals surface area contributed by atoms with Crippen LogP contribution in [0, 0.1) is 26.7 Å². The fourth-order valence-corrected chi connectivity index (χ4v) is 3.77. The molecular weight excluding hydrogens is 314 g/mol. The second kappa shape index (κ2) is 6.30. The van der Waals surface area contributed by atoms with Gasteiger partial charge in [-0.15, -0.1) is 0 Å². The second-order valence-electron chi connectivity index (χ2n) is 6.08. The zero-order valence-electron chi connectivity index (χ0n) is 12.9. The molecule has 20 heavy (non-hydrogen) atoms. The van der Waals surface area contributed by atoms with Crippen LogP contribution >= 0.6 is 15.9 Å². The van der Waals surface area contributed by atoms with Gasteiger partial charge in [-0.3, -0.25) is 4.79 Å². The number of piperidine rings is 1. The molecule has 0 saturated carbocycles. The van der Waals surface area contributed by atoms with Crippen molar-refractivity contribution >= 4 is 21.8 Å². The molecule has 3 heteroatoms. The molecule has 0 aromatic heterocycles. The largest absolute Gasteiger partial charge is 0.339 e. The lowest BCUT2D eigenvalue weighted by Gasteiger charge is -2.34. The third-order valence-electron chi connectivity index (χ3n) is 4.37.